The van der Waals surface area contributed by atoms with Gasteiger partial charge in [0.05, 0.1) is 25.2 Å². The van der Waals surface area contributed by atoms with E-state index in [-0.39, 0.29) is 5.56 Å². The Morgan fingerprint density at radius 2 is 1.93 bits per heavy atom. The molecule has 0 bridgehead atoms. The van der Waals surface area contributed by atoms with Crippen LogP contribution in [-0.4, -0.2) is 42.6 Å². The second-order valence-corrected chi connectivity index (χ2v) is 6.63. The van der Waals surface area contributed by atoms with Crippen molar-refractivity contribution in [3.8, 4) is 5.75 Å². The Kier molecular flexibility index (Phi) is 7.33. The summed E-state index contributed by atoms with van der Waals surface area (Å²) in [4.78, 5) is 12.1. The first-order valence-corrected chi connectivity index (χ1v) is 8.45. The molecule has 0 radical (unpaired) electrons. The standard InChI is InChI=1S/C17H18F7NO4/c18-15(19)28-8-12(9-2-1-3-11(4-9)29-17(22,23)24)25-14(27)5-13(26)10-6-16(20,21)7-10/h1-4,10,12-13,15,26H,5-8H2,(H,25,27)/t12-,13?/m0/s1. The van der Waals surface area contributed by atoms with Crippen LogP contribution in [0, 0.1) is 5.92 Å². The van der Waals surface area contributed by atoms with E-state index in [0.717, 1.165) is 18.2 Å². The Morgan fingerprint density at radius 1 is 1.28 bits per heavy atom. The van der Waals surface area contributed by atoms with Crippen LogP contribution < -0.4 is 10.1 Å². The molecule has 5 nitrogen and oxygen atoms in total. The molecule has 0 aliphatic heterocycles. The van der Waals surface area contributed by atoms with Gasteiger partial charge >= 0.3 is 13.0 Å². The first kappa shape index (κ1) is 23.2. The lowest BCUT2D eigenvalue weighted by atomic mass is 9.76. The second kappa shape index (κ2) is 9.16. The smallest absolute Gasteiger partial charge is 0.406 e. The minimum atomic E-state index is -4.98. The van der Waals surface area contributed by atoms with Crippen molar-refractivity contribution in [2.24, 2.45) is 5.92 Å². The highest BCUT2D eigenvalue weighted by Crippen LogP contribution is 2.44. The predicted octanol–water partition coefficient (Wildman–Crippen LogP) is 3.78. The lowest BCUT2D eigenvalue weighted by Gasteiger charge is -2.37. The maximum absolute atomic E-state index is 12.9. The fourth-order valence-electron chi connectivity index (χ4n) is 2.91. The largest absolute Gasteiger partial charge is 0.573 e. The number of carbonyl (C=O) groups is 1. The highest BCUT2D eigenvalue weighted by molar-refractivity contribution is 5.77. The summed E-state index contributed by atoms with van der Waals surface area (Å²) in [5.41, 5.74) is -0.0228. The normalized spacial score (nSPS) is 18.8. The van der Waals surface area contributed by atoms with Crippen LogP contribution in [0.1, 0.15) is 30.9 Å². The molecule has 1 aromatic rings. The van der Waals surface area contributed by atoms with Gasteiger partial charge < -0.3 is 19.9 Å². The van der Waals surface area contributed by atoms with Gasteiger partial charge in [0.1, 0.15) is 5.75 Å². The van der Waals surface area contributed by atoms with Crippen LogP contribution in [0.2, 0.25) is 0 Å². The van der Waals surface area contributed by atoms with E-state index in [4.69, 9.17) is 0 Å². The third-order valence-corrected chi connectivity index (χ3v) is 4.28. The summed E-state index contributed by atoms with van der Waals surface area (Å²) < 4.78 is 95.4. The molecule has 2 rings (SSSR count). The van der Waals surface area contributed by atoms with Gasteiger partial charge in [-0.1, -0.05) is 12.1 Å². The van der Waals surface area contributed by atoms with Crippen LogP contribution in [0.3, 0.4) is 0 Å². The van der Waals surface area contributed by atoms with Crippen LogP contribution >= 0.6 is 0 Å². The van der Waals surface area contributed by atoms with Gasteiger partial charge in [0.15, 0.2) is 0 Å². The number of hydrogen-bond acceptors (Lipinski definition) is 4. The summed E-state index contributed by atoms with van der Waals surface area (Å²) in [7, 11) is 0. The third kappa shape index (κ3) is 7.69. The molecule has 1 fully saturated rings. The summed E-state index contributed by atoms with van der Waals surface area (Å²) in [5.74, 6) is -5.18. The van der Waals surface area contributed by atoms with Crippen molar-refractivity contribution in [1.29, 1.82) is 0 Å². The first-order valence-electron chi connectivity index (χ1n) is 8.45. The van der Waals surface area contributed by atoms with Crippen LogP contribution in [-0.2, 0) is 9.53 Å². The van der Waals surface area contributed by atoms with Gasteiger partial charge in [-0.05, 0) is 23.6 Å². The lowest BCUT2D eigenvalue weighted by Crippen LogP contribution is -2.44. The van der Waals surface area contributed by atoms with E-state index < -0.39 is 74.5 Å². The number of benzene rings is 1. The fourth-order valence-corrected chi connectivity index (χ4v) is 2.91. The highest BCUT2D eigenvalue weighted by Gasteiger charge is 2.48. The van der Waals surface area contributed by atoms with E-state index in [9.17, 15) is 40.6 Å². The minimum absolute atomic E-state index is 0.0228. The van der Waals surface area contributed by atoms with E-state index in [1.807, 2.05) is 0 Å². The molecule has 1 aliphatic rings. The average molecular weight is 433 g/mol. The number of carbonyl (C=O) groups excluding carboxylic acids is 1. The molecular formula is C17H18F7NO4. The van der Waals surface area contributed by atoms with Gasteiger partial charge in [-0.3, -0.25) is 4.79 Å². The fraction of sp³-hybridized carbons (Fsp3) is 0.588. The van der Waals surface area contributed by atoms with Gasteiger partial charge in [-0.15, -0.1) is 13.2 Å². The van der Waals surface area contributed by atoms with E-state index in [2.05, 4.69) is 14.8 Å². The Balaban J connectivity index is 2.04. The number of aliphatic hydroxyl groups is 1. The van der Waals surface area contributed by atoms with Crippen molar-refractivity contribution in [2.45, 2.75) is 50.3 Å². The summed E-state index contributed by atoms with van der Waals surface area (Å²) >= 11 is 0. The maximum atomic E-state index is 12.9. The zero-order valence-corrected chi connectivity index (χ0v) is 14.8. The van der Waals surface area contributed by atoms with E-state index in [0.29, 0.717) is 0 Å². The number of rotatable bonds is 9. The molecule has 0 spiro atoms. The molecule has 1 unspecified atom stereocenters. The molecular weight excluding hydrogens is 415 g/mol. The molecule has 2 N–H and O–H groups in total. The van der Waals surface area contributed by atoms with Crippen LogP contribution in [0.5, 0.6) is 5.75 Å². The molecule has 0 aromatic heterocycles. The molecule has 1 saturated carbocycles. The number of nitrogens with one attached hydrogen (secondary N) is 1. The Labute approximate surface area is 160 Å². The molecule has 12 heteroatoms. The van der Waals surface area contributed by atoms with Crippen molar-refractivity contribution >= 4 is 5.91 Å². The number of amides is 1. The van der Waals surface area contributed by atoms with Crippen molar-refractivity contribution in [3.05, 3.63) is 29.8 Å². The van der Waals surface area contributed by atoms with Crippen LogP contribution in [0.15, 0.2) is 24.3 Å². The third-order valence-electron chi connectivity index (χ3n) is 4.28. The molecule has 1 aromatic carbocycles. The lowest BCUT2D eigenvalue weighted by molar-refractivity contribution is -0.274. The minimum Gasteiger partial charge on any atom is -0.406 e. The summed E-state index contributed by atoms with van der Waals surface area (Å²) in [6.07, 6.45) is -8.07. The van der Waals surface area contributed by atoms with E-state index in [1.54, 1.807) is 0 Å². The van der Waals surface area contributed by atoms with Gasteiger partial charge in [0.2, 0.25) is 11.8 Å². The zero-order chi connectivity index (χ0) is 21.8. The van der Waals surface area contributed by atoms with Gasteiger partial charge in [0, 0.05) is 12.8 Å². The van der Waals surface area contributed by atoms with Crippen LogP contribution in [0.25, 0.3) is 0 Å². The maximum Gasteiger partial charge on any atom is 0.573 e. The molecule has 0 heterocycles. The molecule has 1 aliphatic carbocycles. The van der Waals surface area contributed by atoms with Gasteiger partial charge in [0.25, 0.3) is 0 Å². The summed E-state index contributed by atoms with van der Waals surface area (Å²) in [6.45, 7) is -3.98. The number of alkyl halides is 7. The molecule has 164 valence electrons. The average Bonchev–Trinajstić information content (AvgIpc) is 2.54. The Hall–Kier alpha value is -2.08. The van der Waals surface area contributed by atoms with Crippen molar-refractivity contribution in [1.82, 2.24) is 5.32 Å². The zero-order valence-electron chi connectivity index (χ0n) is 14.8. The number of hydrogen-bond donors (Lipinski definition) is 2. The second-order valence-electron chi connectivity index (χ2n) is 6.63. The van der Waals surface area contributed by atoms with Crippen LogP contribution in [0.4, 0.5) is 30.7 Å². The molecule has 29 heavy (non-hydrogen) atoms. The van der Waals surface area contributed by atoms with E-state index in [1.165, 1.54) is 6.07 Å². The highest BCUT2D eigenvalue weighted by atomic mass is 19.4. The molecule has 2 atom stereocenters. The summed E-state index contributed by atoms with van der Waals surface area (Å²) in [6, 6.07) is 2.98. The monoisotopic (exact) mass is 433 g/mol. The van der Waals surface area contributed by atoms with Crippen molar-refractivity contribution in [3.63, 3.8) is 0 Å². The Morgan fingerprint density at radius 3 is 2.48 bits per heavy atom. The van der Waals surface area contributed by atoms with Crippen molar-refractivity contribution in [2.75, 3.05) is 6.61 Å². The Bertz CT molecular complexity index is 691. The number of halogens is 7. The quantitative estimate of drug-likeness (QED) is 0.582. The SMILES string of the molecule is O=C(CC(O)C1CC(F)(F)C1)N[C@@H](COC(F)F)c1cccc(OC(F)(F)F)c1. The number of aliphatic hydroxyl groups excluding tert-OH is 1. The predicted molar refractivity (Wildman–Crippen MR) is 84.3 cm³/mol. The molecule has 1 amide bonds. The van der Waals surface area contributed by atoms with Crippen molar-refractivity contribution < 1.29 is 50.1 Å². The summed E-state index contributed by atoms with van der Waals surface area (Å²) in [5, 5.41) is 12.1. The van der Waals surface area contributed by atoms with Gasteiger partial charge in [-0.2, -0.15) is 8.78 Å². The topological polar surface area (TPSA) is 67.8 Å². The molecule has 0 saturated heterocycles. The first-order chi connectivity index (χ1) is 13.3. The number of ether oxygens (including phenoxy) is 2. The van der Waals surface area contributed by atoms with E-state index >= 15 is 0 Å². The van der Waals surface area contributed by atoms with Gasteiger partial charge in [-0.25, -0.2) is 8.78 Å².